The number of nitrogens with two attached hydrogens (primary N) is 2. The zero-order chi connectivity index (χ0) is 14.0. The minimum atomic E-state index is -1.05. The maximum Gasteiger partial charge on any atom is 0.325 e. The van der Waals surface area contributed by atoms with Crippen molar-refractivity contribution >= 4 is 17.6 Å². The van der Waals surface area contributed by atoms with Crippen LogP contribution in [0.25, 0.3) is 0 Å². The van der Waals surface area contributed by atoms with Crippen LogP contribution in [0, 0.1) is 11.3 Å². The predicted octanol–water partition coefficient (Wildman–Crippen LogP) is -0.651. The molecule has 0 bridgehead atoms. The molecule has 0 aliphatic carbocycles. The smallest absolute Gasteiger partial charge is 0.325 e. The lowest BCUT2D eigenvalue weighted by Crippen LogP contribution is -2.40. The molecule has 0 unspecified atom stereocenters. The first-order chi connectivity index (χ1) is 9.02. The number of carboxylic acid groups (broad SMARTS) is 1. The average molecular weight is 264 g/mol. The van der Waals surface area contributed by atoms with E-state index in [2.05, 4.69) is 5.10 Å². The fourth-order valence-electron chi connectivity index (χ4n) is 2.15. The molecule has 19 heavy (non-hydrogen) atoms. The van der Waals surface area contributed by atoms with Crippen molar-refractivity contribution in [3.8, 4) is 6.07 Å². The highest BCUT2D eigenvalue weighted by Gasteiger charge is 2.24. The molecule has 0 amide bonds. The summed E-state index contributed by atoms with van der Waals surface area (Å²) in [6, 6.07) is 2.16. The molecule has 1 aliphatic heterocycles. The van der Waals surface area contributed by atoms with Crippen LogP contribution in [0.15, 0.2) is 0 Å². The van der Waals surface area contributed by atoms with E-state index in [4.69, 9.17) is 21.8 Å². The molecule has 102 valence electrons. The third-order valence-corrected chi connectivity index (χ3v) is 3.21. The molecule has 0 atom stereocenters. The SMILES string of the molecule is N#Cc1c(N2CCC(N)CC2)nn(CC(=O)O)c1N. The molecule has 0 aromatic carbocycles. The van der Waals surface area contributed by atoms with Crippen LogP contribution in [0.2, 0.25) is 0 Å². The quantitative estimate of drug-likeness (QED) is 0.660. The van der Waals surface area contributed by atoms with Gasteiger partial charge in [-0.25, -0.2) is 4.68 Å². The van der Waals surface area contributed by atoms with Crippen molar-refractivity contribution in [2.45, 2.75) is 25.4 Å². The summed E-state index contributed by atoms with van der Waals surface area (Å²) in [6.45, 7) is 1.03. The fourth-order valence-corrected chi connectivity index (χ4v) is 2.15. The minimum Gasteiger partial charge on any atom is -0.480 e. The number of nitrogen functional groups attached to an aromatic ring is 1. The molecule has 2 rings (SSSR count). The van der Waals surface area contributed by atoms with E-state index in [-0.39, 0.29) is 24.0 Å². The van der Waals surface area contributed by atoms with Gasteiger partial charge in [-0.2, -0.15) is 10.4 Å². The van der Waals surface area contributed by atoms with Gasteiger partial charge in [0.2, 0.25) is 0 Å². The normalized spacial score (nSPS) is 16.3. The molecule has 0 radical (unpaired) electrons. The Morgan fingerprint density at radius 1 is 1.53 bits per heavy atom. The van der Waals surface area contributed by atoms with Crippen LogP contribution in [-0.2, 0) is 11.3 Å². The Morgan fingerprint density at radius 3 is 2.68 bits per heavy atom. The van der Waals surface area contributed by atoms with Gasteiger partial charge in [-0.3, -0.25) is 4.79 Å². The molecule has 0 spiro atoms. The van der Waals surface area contributed by atoms with Crippen LogP contribution in [0.1, 0.15) is 18.4 Å². The van der Waals surface area contributed by atoms with E-state index in [1.54, 1.807) is 0 Å². The van der Waals surface area contributed by atoms with Crippen molar-refractivity contribution in [2.24, 2.45) is 5.73 Å². The number of aromatic nitrogens is 2. The third-order valence-electron chi connectivity index (χ3n) is 3.21. The van der Waals surface area contributed by atoms with Gasteiger partial charge in [0.15, 0.2) is 5.82 Å². The van der Waals surface area contributed by atoms with E-state index in [0.717, 1.165) is 17.5 Å². The van der Waals surface area contributed by atoms with E-state index in [9.17, 15) is 4.79 Å². The van der Waals surface area contributed by atoms with Crippen molar-refractivity contribution in [3.63, 3.8) is 0 Å². The first-order valence-electron chi connectivity index (χ1n) is 6.01. The molecule has 1 aromatic heterocycles. The highest BCUT2D eigenvalue weighted by molar-refractivity contribution is 5.70. The second-order valence-electron chi connectivity index (χ2n) is 4.57. The number of anilines is 2. The lowest BCUT2D eigenvalue weighted by atomic mass is 10.1. The van der Waals surface area contributed by atoms with Gasteiger partial charge in [-0.1, -0.05) is 0 Å². The summed E-state index contributed by atoms with van der Waals surface area (Å²) in [5, 5.41) is 22.1. The van der Waals surface area contributed by atoms with Crippen molar-refractivity contribution in [1.82, 2.24) is 9.78 Å². The summed E-state index contributed by atoms with van der Waals surface area (Å²) in [5.41, 5.74) is 11.8. The highest BCUT2D eigenvalue weighted by Crippen LogP contribution is 2.26. The van der Waals surface area contributed by atoms with Crippen LogP contribution >= 0.6 is 0 Å². The molecule has 0 saturated carbocycles. The molecule has 1 aliphatic rings. The summed E-state index contributed by atoms with van der Waals surface area (Å²) in [4.78, 5) is 12.6. The van der Waals surface area contributed by atoms with E-state index < -0.39 is 5.97 Å². The van der Waals surface area contributed by atoms with Crippen molar-refractivity contribution in [3.05, 3.63) is 5.56 Å². The number of carboxylic acids is 1. The van der Waals surface area contributed by atoms with Crippen LogP contribution in [0.4, 0.5) is 11.6 Å². The zero-order valence-corrected chi connectivity index (χ0v) is 10.4. The number of hydrogen-bond donors (Lipinski definition) is 3. The van der Waals surface area contributed by atoms with E-state index in [1.807, 2.05) is 11.0 Å². The lowest BCUT2D eigenvalue weighted by molar-refractivity contribution is -0.137. The number of hydrogen-bond acceptors (Lipinski definition) is 6. The topological polar surface area (TPSA) is 134 Å². The number of aliphatic carboxylic acids is 1. The van der Waals surface area contributed by atoms with Gasteiger partial charge in [-0.15, -0.1) is 0 Å². The lowest BCUT2D eigenvalue weighted by Gasteiger charge is -2.30. The molecular formula is C11H16N6O2. The Hall–Kier alpha value is -2.27. The Labute approximate surface area is 110 Å². The zero-order valence-electron chi connectivity index (χ0n) is 10.4. The number of piperidine rings is 1. The van der Waals surface area contributed by atoms with Crippen molar-refractivity contribution in [2.75, 3.05) is 23.7 Å². The number of nitrogens with zero attached hydrogens (tertiary/aromatic N) is 4. The second kappa shape index (κ2) is 5.16. The third kappa shape index (κ3) is 2.61. The van der Waals surface area contributed by atoms with Gasteiger partial charge in [0.05, 0.1) is 0 Å². The highest BCUT2D eigenvalue weighted by atomic mass is 16.4. The van der Waals surface area contributed by atoms with E-state index in [1.165, 1.54) is 0 Å². The molecule has 8 nitrogen and oxygen atoms in total. The van der Waals surface area contributed by atoms with Crippen molar-refractivity contribution < 1.29 is 9.90 Å². The molecule has 1 saturated heterocycles. The Balaban J connectivity index is 2.30. The summed E-state index contributed by atoms with van der Waals surface area (Å²) in [7, 11) is 0. The van der Waals surface area contributed by atoms with Crippen molar-refractivity contribution in [1.29, 1.82) is 5.26 Å². The second-order valence-corrected chi connectivity index (χ2v) is 4.57. The van der Waals surface area contributed by atoms with Gasteiger partial charge >= 0.3 is 5.97 Å². The maximum atomic E-state index is 10.7. The monoisotopic (exact) mass is 264 g/mol. The summed E-state index contributed by atoms with van der Waals surface area (Å²) >= 11 is 0. The van der Waals surface area contributed by atoms with Crippen LogP contribution in [0.3, 0.4) is 0 Å². The summed E-state index contributed by atoms with van der Waals surface area (Å²) in [5.74, 6) is -0.506. The first kappa shape index (κ1) is 13.2. The van der Waals surface area contributed by atoms with Gasteiger partial charge in [0.1, 0.15) is 24.0 Å². The molecule has 1 aromatic rings. The van der Waals surface area contributed by atoms with E-state index in [0.29, 0.717) is 18.9 Å². The molecular weight excluding hydrogens is 248 g/mol. The molecule has 1 fully saturated rings. The van der Waals surface area contributed by atoms with Gasteiger partial charge < -0.3 is 21.5 Å². The molecule has 5 N–H and O–H groups in total. The maximum absolute atomic E-state index is 10.7. The number of carbonyl (C=O) groups is 1. The average Bonchev–Trinajstić information content (AvgIpc) is 2.66. The minimum absolute atomic E-state index is 0.0924. The Bertz CT molecular complexity index is 524. The van der Waals surface area contributed by atoms with Gasteiger partial charge in [-0.05, 0) is 12.8 Å². The molecule has 8 heteroatoms. The number of nitriles is 1. The fraction of sp³-hybridized carbons (Fsp3) is 0.545. The van der Waals surface area contributed by atoms with E-state index >= 15 is 0 Å². The van der Waals surface area contributed by atoms with Crippen LogP contribution < -0.4 is 16.4 Å². The largest absolute Gasteiger partial charge is 0.480 e. The van der Waals surface area contributed by atoms with Gasteiger partial charge in [0.25, 0.3) is 0 Å². The first-order valence-corrected chi connectivity index (χ1v) is 6.01. The predicted molar refractivity (Wildman–Crippen MR) is 68.4 cm³/mol. The summed E-state index contributed by atoms with van der Waals surface area (Å²) in [6.07, 6.45) is 1.63. The van der Waals surface area contributed by atoms with Crippen LogP contribution in [-0.4, -0.2) is 40.0 Å². The molecule has 2 heterocycles. The van der Waals surface area contributed by atoms with Crippen LogP contribution in [0.5, 0.6) is 0 Å². The summed E-state index contributed by atoms with van der Waals surface area (Å²) < 4.78 is 1.14. The standard InChI is InChI=1S/C11H16N6O2/c12-5-8-10(14)17(6-9(18)19)15-11(8)16-3-1-7(13)2-4-16/h7H,1-4,6,13-14H2,(H,18,19). The Kier molecular flexibility index (Phi) is 3.57. The Morgan fingerprint density at radius 2 is 2.16 bits per heavy atom. The number of rotatable bonds is 3. The van der Waals surface area contributed by atoms with Gasteiger partial charge in [0, 0.05) is 19.1 Å².